The van der Waals surface area contributed by atoms with Gasteiger partial charge in [-0.3, -0.25) is 0 Å². The lowest BCUT2D eigenvalue weighted by atomic mass is 10.2. The van der Waals surface area contributed by atoms with Gasteiger partial charge in [0.15, 0.2) is 0 Å². The standard InChI is InChI=1S/C13H13ClN4O/c1-8-13-11(4-9(6-15)16-8)17-12(5-14)18(13)7-10-2-3-19-10/h4,10H,2-3,5,7H2,1H3. The summed E-state index contributed by atoms with van der Waals surface area (Å²) >= 11 is 5.96. The van der Waals surface area contributed by atoms with Gasteiger partial charge in [0.2, 0.25) is 0 Å². The van der Waals surface area contributed by atoms with Crippen LogP contribution in [0.3, 0.4) is 0 Å². The molecule has 19 heavy (non-hydrogen) atoms. The number of fused-ring (bicyclic) bond motifs is 1. The predicted octanol–water partition coefficient (Wildman–Crippen LogP) is 2.14. The number of aromatic nitrogens is 3. The minimum Gasteiger partial charge on any atom is -0.376 e. The van der Waals surface area contributed by atoms with Gasteiger partial charge in [-0.15, -0.1) is 11.6 Å². The Labute approximate surface area is 115 Å². The van der Waals surface area contributed by atoms with E-state index in [2.05, 4.69) is 20.6 Å². The minimum absolute atomic E-state index is 0.231. The number of imidazole rings is 1. The molecule has 98 valence electrons. The molecule has 2 aromatic heterocycles. The van der Waals surface area contributed by atoms with E-state index in [0.29, 0.717) is 11.6 Å². The molecule has 1 aliphatic heterocycles. The molecule has 0 bridgehead atoms. The van der Waals surface area contributed by atoms with Gasteiger partial charge in [0, 0.05) is 12.7 Å². The second-order valence-corrected chi connectivity index (χ2v) is 4.89. The number of halogens is 1. The number of nitrogens with zero attached hydrogens (tertiary/aromatic N) is 4. The topological polar surface area (TPSA) is 63.7 Å². The Hall–Kier alpha value is -1.64. The zero-order valence-electron chi connectivity index (χ0n) is 10.6. The first kappa shape index (κ1) is 12.4. The maximum atomic E-state index is 8.95. The highest BCUT2D eigenvalue weighted by Crippen LogP contribution is 2.24. The number of hydrogen-bond acceptors (Lipinski definition) is 4. The van der Waals surface area contributed by atoms with Crippen LogP contribution < -0.4 is 0 Å². The van der Waals surface area contributed by atoms with Crippen LogP contribution in [0.15, 0.2) is 6.07 Å². The van der Waals surface area contributed by atoms with Crippen LogP contribution in [-0.4, -0.2) is 27.2 Å². The van der Waals surface area contributed by atoms with E-state index in [1.165, 1.54) is 0 Å². The van der Waals surface area contributed by atoms with Crippen molar-refractivity contribution in [2.45, 2.75) is 31.9 Å². The first-order valence-electron chi connectivity index (χ1n) is 6.17. The molecule has 0 radical (unpaired) electrons. The lowest BCUT2D eigenvalue weighted by Crippen LogP contribution is -2.31. The summed E-state index contributed by atoms with van der Waals surface area (Å²) in [6.07, 6.45) is 1.29. The normalized spacial score (nSPS) is 18.3. The molecule has 0 spiro atoms. The van der Waals surface area contributed by atoms with Crippen LogP contribution in [0, 0.1) is 18.3 Å². The smallest absolute Gasteiger partial charge is 0.143 e. The number of alkyl halides is 1. The molecule has 0 aromatic carbocycles. The summed E-state index contributed by atoms with van der Waals surface area (Å²) in [5.41, 5.74) is 2.91. The number of aryl methyl sites for hydroxylation is 1. The Bertz CT molecular complexity index is 669. The minimum atomic E-state index is 0.231. The number of hydrogen-bond donors (Lipinski definition) is 0. The molecule has 3 heterocycles. The van der Waals surface area contributed by atoms with Crippen LogP contribution in [0.2, 0.25) is 0 Å². The summed E-state index contributed by atoms with van der Waals surface area (Å²) in [4.78, 5) is 8.77. The fourth-order valence-corrected chi connectivity index (χ4v) is 2.59. The first-order valence-corrected chi connectivity index (χ1v) is 6.71. The lowest BCUT2D eigenvalue weighted by molar-refractivity contribution is -0.0589. The lowest BCUT2D eigenvalue weighted by Gasteiger charge is -2.27. The van der Waals surface area contributed by atoms with E-state index in [9.17, 15) is 0 Å². The molecule has 3 rings (SSSR count). The maximum absolute atomic E-state index is 8.95. The Morgan fingerprint density at radius 2 is 2.37 bits per heavy atom. The molecule has 1 aliphatic rings. The summed E-state index contributed by atoms with van der Waals surface area (Å²) in [7, 11) is 0. The van der Waals surface area contributed by atoms with Crippen molar-refractivity contribution in [1.82, 2.24) is 14.5 Å². The van der Waals surface area contributed by atoms with Crippen LogP contribution >= 0.6 is 11.6 Å². The van der Waals surface area contributed by atoms with E-state index >= 15 is 0 Å². The fraction of sp³-hybridized carbons (Fsp3) is 0.462. The molecule has 0 amide bonds. The highest BCUT2D eigenvalue weighted by Gasteiger charge is 2.22. The molecule has 1 saturated heterocycles. The molecule has 0 aliphatic carbocycles. The summed E-state index contributed by atoms with van der Waals surface area (Å²) in [5, 5.41) is 8.95. The molecule has 1 fully saturated rings. The van der Waals surface area contributed by atoms with Gasteiger partial charge in [-0.05, 0) is 13.3 Å². The van der Waals surface area contributed by atoms with Crippen molar-refractivity contribution in [1.29, 1.82) is 5.26 Å². The average molecular weight is 277 g/mol. The molecule has 1 unspecified atom stereocenters. The molecular weight excluding hydrogens is 264 g/mol. The van der Waals surface area contributed by atoms with Crippen LogP contribution in [0.5, 0.6) is 0 Å². The van der Waals surface area contributed by atoms with Crippen molar-refractivity contribution in [3.63, 3.8) is 0 Å². The van der Waals surface area contributed by atoms with E-state index in [0.717, 1.165) is 42.1 Å². The summed E-state index contributed by atoms with van der Waals surface area (Å²) < 4.78 is 7.54. The van der Waals surface area contributed by atoms with Crippen molar-refractivity contribution in [3.8, 4) is 6.07 Å². The average Bonchev–Trinajstić information content (AvgIpc) is 2.71. The third kappa shape index (κ3) is 2.07. The van der Waals surface area contributed by atoms with Crippen molar-refractivity contribution < 1.29 is 4.74 Å². The number of ether oxygens (including phenoxy) is 1. The molecule has 6 heteroatoms. The zero-order valence-corrected chi connectivity index (χ0v) is 11.3. The van der Waals surface area contributed by atoms with Gasteiger partial charge in [-0.1, -0.05) is 0 Å². The van der Waals surface area contributed by atoms with E-state index in [4.69, 9.17) is 21.6 Å². The summed E-state index contributed by atoms with van der Waals surface area (Å²) in [6.45, 7) is 3.46. The number of rotatable bonds is 3. The largest absolute Gasteiger partial charge is 0.376 e. The quantitative estimate of drug-likeness (QED) is 0.806. The van der Waals surface area contributed by atoms with Gasteiger partial charge in [0.05, 0.1) is 35.3 Å². The van der Waals surface area contributed by atoms with Crippen molar-refractivity contribution in [3.05, 3.63) is 23.3 Å². The second-order valence-electron chi connectivity index (χ2n) is 4.63. The van der Waals surface area contributed by atoms with Gasteiger partial charge >= 0.3 is 0 Å². The second kappa shape index (κ2) is 4.80. The first-order chi connectivity index (χ1) is 9.22. The van der Waals surface area contributed by atoms with E-state index in [1.54, 1.807) is 6.07 Å². The Morgan fingerprint density at radius 1 is 1.58 bits per heavy atom. The van der Waals surface area contributed by atoms with Crippen molar-refractivity contribution in [2.75, 3.05) is 6.61 Å². The Balaban J connectivity index is 2.14. The monoisotopic (exact) mass is 276 g/mol. The van der Waals surface area contributed by atoms with Crippen LogP contribution in [-0.2, 0) is 17.2 Å². The molecule has 0 saturated carbocycles. The molecular formula is C13H13ClN4O. The van der Waals surface area contributed by atoms with Gasteiger partial charge in [0.25, 0.3) is 0 Å². The number of pyridine rings is 1. The third-order valence-corrected chi connectivity index (χ3v) is 3.63. The Morgan fingerprint density at radius 3 is 2.95 bits per heavy atom. The van der Waals surface area contributed by atoms with E-state index in [1.807, 2.05) is 6.92 Å². The van der Waals surface area contributed by atoms with E-state index in [-0.39, 0.29) is 6.10 Å². The van der Waals surface area contributed by atoms with Crippen LogP contribution in [0.25, 0.3) is 11.0 Å². The fourth-order valence-electron chi connectivity index (χ4n) is 2.38. The highest BCUT2D eigenvalue weighted by molar-refractivity contribution is 6.16. The summed E-state index contributed by atoms with van der Waals surface area (Å²) in [6, 6.07) is 3.76. The van der Waals surface area contributed by atoms with Crippen LogP contribution in [0.1, 0.15) is 23.6 Å². The maximum Gasteiger partial charge on any atom is 0.143 e. The van der Waals surface area contributed by atoms with Gasteiger partial charge in [-0.2, -0.15) is 5.26 Å². The van der Waals surface area contributed by atoms with Crippen molar-refractivity contribution in [2.24, 2.45) is 0 Å². The SMILES string of the molecule is Cc1nc(C#N)cc2nc(CCl)n(CC3CCO3)c12. The molecule has 0 N–H and O–H groups in total. The molecule has 2 aromatic rings. The Kier molecular flexibility index (Phi) is 3.13. The molecule has 5 nitrogen and oxygen atoms in total. The predicted molar refractivity (Wildman–Crippen MR) is 70.9 cm³/mol. The summed E-state index contributed by atoms with van der Waals surface area (Å²) in [5.74, 6) is 1.13. The van der Waals surface area contributed by atoms with Gasteiger partial charge in [-0.25, -0.2) is 9.97 Å². The highest BCUT2D eigenvalue weighted by atomic mass is 35.5. The molecule has 1 atom stereocenters. The third-order valence-electron chi connectivity index (χ3n) is 3.39. The van der Waals surface area contributed by atoms with Crippen LogP contribution in [0.4, 0.5) is 0 Å². The van der Waals surface area contributed by atoms with Gasteiger partial charge in [0.1, 0.15) is 17.6 Å². The number of nitriles is 1. The van der Waals surface area contributed by atoms with Crippen molar-refractivity contribution >= 4 is 22.6 Å². The van der Waals surface area contributed by atoms with E-state index < -0.39 is 0 Å². The zero-order chi connectivity index (χ0) is 13.4. The van der Waals surface area contributed by atoms with Gasteiger partial charge < -0.3 is 9.30 Å².